The first-order valence-corrected chi connectivity index (χ1v) is 5.84. The van der Waals surface area contributed by atoms with E-state index < -0.39 is 0 Å². The van der Waals surface area contributed by atoms with Gasteiger partial charge in [0.1, 0.15) is 11.9 Å². The SMILES string of the molecule is Cc1nsc2ccc(OC3CNC3)cc12. The lowest BCUT2D eigenvalue weighted by Crippen LogP contribution is -2.50. The van der Waals surface area contributed by atoms with E-state index in [4.69, 9.17) is 4.74 Å². The fourth-order valence-corrected chi connectivity index (χ4v) is 2.42. The van der Waals surface area contributed by atoms with Gasteiger partial charge >= 0.3 is 0 Å². The average Bonchev–Trinajstić information content (AvgIpc) is 2.55. The molecule has 1 fully saturated rings. The maximum absolute atomic E-state index is 5.80. The van der Waals surface area contributed by atoms with Crippen LogP contribution < -0.4 is 10.1 Å². The fraction of sp³-hybridized carbons (Fsp3) is 0.364. The molecular weight excluding hydrogens is 208 g/mol. The summed E-state index contributed by atoms with van der Waals surface area (Å²) in [5.74, 6) is 0.956. The smallest absolute Gasteiger partial charge is 0.123 e. The molecule has 1 N–H and O–H groups in total. The third-order valence-electron chi connectivity index (χ3n) is 2.67. The lowest BCUT2D eigenvalue weighted by molar-refractivity contribution is 0.142. The zero-order valence-electron chi connectivity index (χ0n) is 8.49. The highest BCUT2D eigenvalue weighted by atomic mass is 32.1. The minimum absolute atomic E-state index is 0.342. The van der Waals surface area contributed by atoms with Crippen molar-refractivity contribution in [3.63, 3.8) is 0 Å². The van der Waals surface area contributed by atoms with Crippen molar-refractivity contribution >= 4 is 21.6 Å². The molecule has 0 radical (unpaired) electrons. The summed E-state index contributed by atoms with van der Waals surface area (Å²) in [6, 6.07) is 6.20. The van der Waals surface area contributed by atoms with Crippen LogP contribution in [0.2, 0.25) is 0 Å². The molecule has 1 aliphatic heterocycles. The molecule has 3 rings (SSSR count). The van der Waals surface area contributed by atoms with Gasteiger partial charge in [-0.05, 0) is 36.7 Å². The third kappa shape index (κ3) is 1.60. The third-order valence-corrected chi connectivity index (χ3v) is 3.59. The second kappa shape index (κ2) is 3.47. The van der Waals surface area contributed by atoms with Gasteiger partial charge in [-0.15, -0.1) is 0 Å². The summed E-state index contributed by atoms with van der Waals surface area (Å²) in [6.45, 7) is 3.95. The average molecular weight is 220 g/mol. The summed E-state index contributed by atoms with van der Waals surface area (Å²) in [4.78, 5) is 0. The van der Waals surface area contributed by atoms with E-state index in [0.29, 0.717) is 6.10 Å². The molecule has 2 aromatic rings. The van der Waals surface area contributed by atoms with E-state index in [1.165, 1.54) is 10.1 Å². The first kappa shape index (κ1) is 9.12. The number of aromatic nitrogens is 1. The van der Waals surface area contributed by atoms with Gasteiger partial charge in [-0.1, -0.05) is 0 Å². The van der Waals surface area contributed by atoms with Gasteiger partial charge in [-0.3, -0.25) is 0 Å². The lowest BCUT2D eigenvalue weighted by atomic mass is 10.2. The van der Waals surface area contributed by atoms with Crippen LogP contribution in [0.4, 0.5) is 0 Å². The summed E-state index contributed by atoms with van der Waals surface area (Å²) in [5, 5.41) is 4.40. The summed E-state index contributed by atoms with van der Waals surface area (Å²) in [7, 11) is 0. The second-order valence-electron chi connectivity index (χ2n) is 3.82. The lowest BCUT2D eigenvalue weighted by Gasteiger charge is -2.27. The molecule has 0 bridgehead atoms. The van der Waals surface area contributed by atoms with Gasteiger partial charge in [0.05, 0.1) is 10.4 Å². The van der Waals surface area contributed by atoms with Crippen LogP contribution in [0.5, 0.6) is 5.75 Å². The standard InChI is InChI=1S/C11H12N2OS/c1-7-10-4-8(14-9-5-12-6-9)2-3-11(10)15-13-7/h2-4,9,12H,5-6H2,1H3. The second-order valence-corrected chi connectivity index (χ2v) is 4.63. The number of hydrogen-bond acceptors (Lipinski definition) is 4. The zero-order chi connectivity index (χ0) is 10.3. The molecule has 1 aliphatic rings. The Balaban J connectivity index is 1.93. The zero-order valence-corrected chi connectivity index (χ0v) is 9.30. The Morgan fingerprint density at radius 3 is 3.07 bits per heavy atom. The number of benzene rings is 1. The predicted molar refractivity (Wildman–Crippen MR) is 61.6 cm³/mol. The molecule has 78 valence electrons. The van der Waals surface area contributed by atoms with Gasteiger partial charge < -0.3 is 10.1 Å². The fourth-order valence-electron chi connectivity index (χ4n) is 1.65. The van der Waals surface area contributed by atoms with Gasteiger partial charge in [0, 0.05) is 18.5 Å². The molecule has 0 unspecified atom stereocenters. The van der Waals surface area contributed by atoms with Crippen molar-refractivity contribution in [1.82, 2.24) is 9.69 Å². The van der Waals surface area contributed by atoms with Gasteiger partial charge in [0.15, 0.2) is 0 Å². The van der Waals surface area contributed by atoms with Crippen LogP contribution in [0.25, 0.3) is 10.1 Å². The minimum Gasteiger partial charge on any atom is -0.488 e. The molecule has 3 nitrogen and oxygen atoms in total. The molecule has 15 heavy (non-hydrogen) atoms. The largest absolute Gasteiger partial charge is 0.488 e. The molecule has 0 spiro atoms. The molecule has 0 saturated carbocycles. The molecule has 2 heterocycles. The highest BCUT2D eigenvalue weighted by molar-refractivity contribution is 7.13. The Morgan fingerprint density at radius 2 is 2.33 bits per heavy atom. The van der Waals surface area contributed by atoms with Crippen LogP contribution in [0, 0.1) is 6.92 Å². The van der Waals surface area contributed by atoms with Gasteiger partial charge in [0.25, 0.3) is 0 Å². The van der Waals surface area contributed by atoms with E-state index in [9.17, 15) is 0 Å². The number of nitrogens with zero attached hydrogens (tertiary/aromatic N) is 1. The van der Waals surface area contributed by atoms with Crippen molar-refractivity contribution in [2.45, 2.75) is 13.0 Å². The van der Waals surface area contributed by atoms with E-state index in [2.05, 4.69) is 21.8 Å². The van der Waals surface area contributed by atoms with E-state index in [-0.39, 0.29) is 0 Å². The monoisotopic (exact) mass is 220 g/mol. The van der Waals surface area contributed by atoms with Crippen LogP contribution >= 0.6 is 11.5 Å². The van der Waals surface area contributed by atoms with Crippen molar-refractivity contribution in [2.24, 2.45) is 0 Å². The first-order valence-electron chi connectivity index (χ1n) is 5.06. The quantitative estimate of drug-likeness (QED) is 0.840. The molecule has 4 heteroatoms. The van der Waals surface area contributed by atoms with E-state index in [0.717, 1.165) is 24.5 Å². The van der Waals surface area contributed by atoms with Crippen molar-refractivity contribution < 1.29 is 4.74 Å². The van der Waals surface area contributed by atoms with Crippen LogP contribution in [0.1, 0.15) is 5.69 Å². The maximum atomic E-state index is 5.80. The molecular formula is C11H12N2OS. The van der Waals surface area contributed by atoms with Crippen LogP contribution in [-0.4, -0.2) is 23.6 Å². The number of aryl methyl sites for hydroxylation is 1. The predicted octanol–water partition coefficient (Wildman–Crippen LogP) is 1.96. The molecule has 1 aromatic heterocycles. The Labute approximate surface area is 92.2 Å². The molecule has 1 aromatic carbocycles. The van der Waals surface area contributed by atoms with E-state index in [1.54, 1.807) is 11.5 Å². The Hall–Kier alpha value is -1.13. The van der Waals surface area contributed by atoms with E-state index in [1.807, 2.05) is 13.0 Å². The summed E-state index contributed by atoms with van der Waals surface area (Å²) < 4.78 is 11.3. The topological polar surface area (TPSA) is 34.1 Å². The summed E-state index contributed by atoms with van der Waals surface area (Å²) in [5.41, 5.74) is 1.09. The van der Waals surface area contributed by atoms with Gasteiger partial charge in [-0.25, -0.2) is 0 Å². The van der Waals surface area contributed by atoms with Crippen molar-refractivity contribution in [1.29, 1.82) is 0 Å². The Bertz CT molecular complexity index is 490. The highest BCUT2D eigenvalue weighted by Crippen LogP contribution is 2.27. The van der Waals surface area contributed by atoms with Crippen LogP contribution in [0.15, 0.2) is 18.2 Å². The first-order chi connectivity index (χ1) is 7.33. The number of hydrogen-bond donors (Lipinski definition) is 1. The highest BCUT2D eigenvalue weighted by Gasteiger charge is 2.18. The van der Waals surface area contributed by atoms with E-state index >= 15 is 0 Å². The number of rotatable bonds is 2. The molecule has 0 atom stereocenters. The summed E-state index contributed by atoms with van der Waals surface area (Å²) >= 11 is 1.54. The Kier molecular flexibility index (Phi) is 2.11. The molecule has 0 amide bonds. The number of ether oxygens (including phenoxy) is 1. The molecule has 1 saturated heterocycles. The molecule has 0 aliphatic carbocycles. The van der Waals surface area contributed by atoms with Crippen LogP contribution in [-0.2, 0) is 0 Å². The van der Waals surface area contributed by atoms with Crippen molar-refractivity contribution in [3.05, 3.63) is 23.9 Å². The Morgan fingerprint density at radius 1 is 1.47 bits per heavy atom. The van der Waals surface area contributed by atoms with Gasteiger partial charge in [0.2, 0.25) is 0 Å². The van der Waals surface area contributed by atoms with Gasteiger partial charge in [-0.2, -0.15) is 4.37 Å². The van der Waals surface area contributed by atoms with Crippen molar-refractivity contribution in [3.8, 4) is 5.75 Å². The van der Waals surface area contributed by atoms with Crippen LogP contribution in [0.3, 0.4) is 0 Å². The maximum Gasteiger partial charge on any atom is 0.123 e. The minimum atomic E-state index is 0.342. The number of fused-ring (bicyclic) bond motifs is 1. The normalized spacial score (nSPS) is 16.6. The summed E-state index contributed by atoms with van der Waals surface area (Å²) in [6.07, 6.45) is 0.342. The van der Waals surface area contributed by atoms with Crippen molar-refractivity contribution in [2.75, 3.05) is 13.1 Å². The number of nitrogens with one attached hydrogen (secondary N) is 1.